The summed E-state index contributed by atoms with van der Waals surface area (Å²) in [6, 6.07) is 0. The monoisotopic (exact) mass is 181 g/mol. The molecule has 0 aromatic rings. The van der Waals surface area contributed by atoms with Crippen molar-refractivity contribution in [3.8, 4) is 0 Å². The van der Waals surface area contributed by atoms with Gasteiger partial charge in [-0.15, -0.1) is 6.58 Å². The number of hydrogen-bond acceptors (Lipinski definition) is 2. The lowest BCUT2D eigenvalue weighted by atomic mass is 10.2. The number of rotatable bonds is 2. The summed E-state index contributed by atoms with van der Waals surface area (Å²) in [5.41, 5.74) is 0. The molecule has 13 heavy (non-hydrogen) atoms. The summed E-state index contributed by atoms with van der Waals surface area (Å²) >= 11 is 0. The topological polar surface area (TPSA) is 29.5 Å². The Morgan fingerprint density at radius 3 is 2.77 bits per heavy atom. The molecule has 0 unspecified atom stereocenters. The van der Waals surface area contributed by atoms with Crippen LogP contribution < -0.4 is 0 Å². The van der Waals surface area contributed by atoms with E-state index in [4.69, 9.17) is 4.74 Å². The van der Waals surface area contributed by atoms with E-state index < -0.39 is 0 Å². The molecule has 1 aliphatic rings. The third-order valence-electron chi connectivity index (χ3n) is 2.03. The van der Waals surface area contributed by atoms with E-state index in [1.54, 1.807) is 11.0 Å². The van der Waals surface area contributed by atoms with Crippen LogP contribution in [0.3, 0.4) is 0 Å². The predicted molar refractivity (Wildman–Crippen MR) is 51.3 cm³/mol. The van der Waals surface area contributed by atoms with Crippen LogP contribution in [0.2, 0.25) is 0 Å². The Morgan fingerprint density at radius 1 is 1.54 bits per heavy atom. The van der Waals surface area contributed by atoms with E-state index in [0.29, 0.717) is 13.1 Å². The van der Waals surface area contributed by atoms with Crippen molar-refractivity contribution in [1.82, 2.24) is 4.90 Å². The van der Waals surface area contributed by atoms with Gasteiger partial charge in [0.1, 0.15) is 0 Å². The van der Waals surface area contributed by atoms with Gasteiger partial charge in [0.15, 0.2) is 0 Å². The minimum atomic E-state index is -0.0485. The van der Waals surface area contributed by atoms with Crippen LogP contribution in [0.5, 0.6) is 0 Å². The predicted octanol–water partition coefficient (Wildman–Crippen LogP) is 0.974. The molecule has 0 aliphatic carbocycles. The van der Waals surface area contributed by atoms with Gasteiger partial charge in [-0.1, -0.05) is 12.7 Å². The molecular formula is C10H15NO2. The summed E-state index contributed by atoms with van der Waals surface area (Å²) < 4.78 is 5.51. The van der Waals surface area contributed by atoms with Gasteiger partial charge in [0, 0.05) is 6.54 Å². The Bertz CT molecular complexity index is 225. The van der Waals surface area contributed by atoms with Crippen molar-refractivity contribution in [1.29, 1.82) is 0 Å². The second kappa shape index (κ2) is 4.23. The van der Waals surface area contributed by atoms with E-state index >= 15 is 0 Å². The number of carbonyl (C=O) groups is 1. The highest BCUT2D eigenvalue weighted by atomic mass is 16.5. The van der Waals surface area contributed by atoms with Crippen LogP contribution in [0.4, 0.5) is 0 Å². The van der Waals surface area contributed by atoms with Crippen molar-refractivity contribution < 1.29 is 9.53 Å². The van der Waals surface area contributed by atoms with Gasteiger partial charge in [-0.25, -0.2) is 0 Å². The smallest absolute Gasteiger partial charge is 0.246 e. The maximum absolute atomic E-state index is 11.3. The van der Waals surface area contributed by atoms with Gasteiger partial charge in [-0.3, -0.25) is 4.79 Å². The fourth-order valence-corrected chi connectivity index (χ4v) is 1.43. The molecule has 1 fully saturated rings. The van der Waals surface area contributed by atoms with Gasteiger partial charge in [0.25, 0.3) is 0 Å². The molecule has 0 radical (unpaired) electrons. The van der Waals surface area contributed by atoms with Crippen LogP contribution in [-0.2, 0) is 9.53 Å². The first kappa shape index (κ1) is 9.99. The second-order valence-electron chi connectivity index (χ2n) is 3.17. The van der Waals surface area contributed by atoms with Crippen LogP contribution in [0.1, 0.15) is 6.92 Å². The van der Waals surface area contributed by atoms with Gasteiger partial charge in [-0.05, 0) is 13.0 Å². The van der Waals surface area contributed by atoms with E-state index in [2.05, 4.69) is 13.2 Å². The molecule has 1 aliphatic heterocycles. The maximum atomic E-state index is 11.3. The average molecular weight is 181 g/mol. The van der Waals surface area contributed by atoms with Gasteiger partial charge >= 0.3 is 0 Å². The summed E-state index contributed by atoms with van der Waals surface area (Å²) in [5.74, 6) is -0.0398. The van der Waals surface area contributed by atoms with Crippen molar-refractivity contribution in [2.45, 2.75) is 19.1 Å². The fourth-order valence-electron chi connectivity index (χ4n) is 1.43. The van der Waals surface area contributed by atoms with Crippen molar-refractivity contribution in [2.24, 2.45) is 0 Å². The van der Waals surface area contributed by atoms with E-state index in [0.717, 1.165) is 0 Å². The lowest BCUT2D eigenvalue weighted by Gasteiger charge is -2.34. The highest BCUT2D eigenvalue weighted by Gasteiger charge is 2.24. The first-order valence-corrected chi connectivity index (χ1v) is 4.36. The summed E-state index contributed by atoms with van der Waals surface area (Å²) in [7, 11) is 0. The van der Waals surface area contributed by atoms with Crippen LogP contribution in [0.25, 0.3) is 0 Å². The SMILES string of the molecule is C=CC(=O)N1C[C@H](C)O[C@@H](C=C)C1. The first-order chi connectivity index (χ1) is 6.17. The normalized spacial score (nSPS) is 28.2. The second-order valence-corrected chi connectivity index (χ2v) is 3.17. The summed E-state index contributed by atoms with van der Waals surface area (Å²) in [4.78, 5) is 13.0. The molecule has 0 saturated carbocycles. The summed E-state index contributed by atoms with van der Waals surface area (Å²) in [6.45, 7) is 10.3. The van der Waals surface area contributed by atoms with E-state index in [1.807, 2.05) is 6.92 Å². The quantitative estimate of drug-likeness (QED) is 0.469. The van der Waals surface area contributed by atoms with Crippen LogP contribution >= 0.6 is 0 Å². The summed E-state index contributed by atoms with van der Waals surface area (Å²) in [5, 5.41) is 0. The number of hydrogen-bond donors (Lipinski definition) is 0. The highest BCUT2D eigenvalue weighted by Crippen LogP contribution is 2.11. The standard InChI is InChI=1S/C10H15NO2/c1-4-9-7-11(10(12)5-2)6-8(3)13-9/h4-5,8-9H,1-2,6-7H2,3H3/t8-,9-/m0/s1. The van der Waals surface area contributed by atoms with Crippen LogP contribution in [0.15, 0.2) is 25.3 Å². The minimum Gasteiger partial charge on any atom is -0.368 e. The molecule has 72 valence electrons. The molecule has 1 heterocycles. The molecule has 0 aromatic heterocycles. The van der Waals surface area contributed by atoms with Crippen molar-refractivity contribution in [3.05, 3.63) is 25.3 Å². The van der Waals surface area contributed by atoms with Crippen molar-refractivity contribution in [3.63, 3.8) is 0 Å². The number of nitrogens with zero attached hydrogens (tertiary/aromatic N) is 1. The van der Waals surface area contributed by atoms with Gasteiger partial charge < -0.3 is 9.64 Å². The zero-order chi connectivity index (χ0) is 9.84. The van der Waals surface area contributed by atoms with Crippen molar-refractivity contribution >= 4 is 5.91 Å². The molecule has 1 saturated heterocycles. The van der Waals surface area contributed by atoms with Crippen LogP contribution in [-0.4, -0.2) is 36.1 Å². The number of carbonyl (C=O) groups excluding carboxylic acids is 1. The minimum absolute atomic E-state index is 0.0398. The number of ether oxygens (including phenoxy) is 1. The first-order valence-electron chi connectivity index (χ1n) is 4.36. The molecule has 2 atom stereocenters. The molecule has 0 N–H and O–H groups in total. The van der Waals surface area contributed by atoms with E-state index in [-0.39, 0.29) is 18.1 Å². The fraction of sp³-hybridized carbons (Fsp3) is 0.500. The third-order valence-corrected chi connectivity index (χ3v) is 2.03. The molecular weight excluding hydrogens is 166 g/mol. The Balaban J connectivity index is 2.61. The Kier molecular flexibility index (Phi) is 3.25. The van der Waals surface area contributed by atoms with Gasteiger partial charge in [0.2, 0.25) is 5.91 Å². The molecule has 1 amide bonds. The number of morpholine rings is 1. The molecule has 3 nitrogen and oxygen atoms in total. The molecule has 1 rings (SSSR count). The Hall–Kier alpha value is -1.09. The van der Waals surface area contributed by atoms with Gasteiger partial charge in [-0.2, -0.15) is 0 Å². The zero-order valence-electron chi connectivity index (χ0n) is 7.90. The van der Waals surface area contributed by atoms with Crippen LogP contribution in [0, 0.1) is 0 Å². The molecule has 0 aromatic carbocycles. The molecule has 0 spiro atoms. The largest absolute Gasteiger partial charge is 0.368 e. The maximum Gasteiger partial charge on any atom is 0.246 e. The summed E-state index contributed by atoms with van der Waals surface area (Å²) in [6.07, 6.45) is 3.07. The Morgan fingerprint density at radius 2 is 2.23 bits per heavy atom. The lowest BCUT2D eigenvalue weighted by molar-refractivity contribution is -0.136. The lowest BCUT2D eigenvalue weighted by Crippen LogP contribution is -2.47. The van der Waals surface area contributed by atoms with E-state index in [9.17, 15) is 4.79 Å². The third kappa shape index (κ3) is 2.42. The average Bonchev–Trinajstić information content (AvgIpc) is 2.15. The highest BCUT2D eigenvalue weighted by molar-refractivity contribution is 5.87. The Labute approximate surface area is 78.7 Å². The van der Waals surface area contributed by atoms with Gasteiger partial charge in [0.05, 0.1) is 18.8 Å². The molecule has 3 heteroatoms. The zero-order valence-corrected chi connectivity index (χ0v) is 7.90. The number of amides is 1. The molecule has 0 bridgehead atoms. The van der Waals surface area contributed by atoms with Crippen molar-refractivity contribution in [2.75, 3.05) is 13.1 Å². The van der Waals surface area contributed by atoms with E-state index in [1.165, 1.54) is 6.08 Å².